The molecule has 2 N–H and O–H groups in total. The molecule has 132 valence electrons. The van der Waals surface area contributed by atoms with Gasteiger partial charge in [0, 0.05) is 6.92 Å². The molecule has 0 aliphatic carbocycles. The van der Waals surface area contributed by atoms with E-state index < -0.39 is 5.97 Å². The molecule has 0 saturated carbocycles. The third-order valence-corrected chi connectivity index (χ3v) is 3.72. The average molecular weight is 322 g/mol. The molecule has 0 saturated heterocycles. The molecule has 3 nitrogen and oxygen atoms in total. The molecule has 1 rings (SSSR count). The van der Waals surface area contributed by atoms with Gasteiger partial charge in [0.2, 0.25) is 0 Å². The summed E-state index contributed by atoms with van der Waals surface area (Å²) in [6.07, 6.45) is 11.8. The Kier molecular flexibility index (Phi) is 13.2. The first-order valence-corrected chi connectivity index (χ1v) is 8.90. The molecule has 3 heteroatoms. The first-order valence-electron chi connectivity index (χ1n) is 8.90. The minimum absolute atomic E-state index is 0.455. The molecule has 0 fully saturated rings. The number of aryl methyl sites for hydroxylation is 1. The second-order valence-electron chi connectivity index (χ2n) is 6.56. The fraction of sp³-hybridized carbons (Fsp3) is 0.650. The highest BCUT2D eigenvalue weighted by atomic mass is 16.4. The van der Waals surface area contributed by atoms with Crippen LogP contribution >= 0.6 is 0 Å². The van der Waals surface area contributed by atoms with E-state index in [-0.39, 0.29) is 0 Å². The summed E-state index contributed by atoms with van der Waals surface area (Å²) >= 11 is 0. The second kappa shape index (κ2) is 14.1. The molecular formula is C20H34O3. The van der Waals surface area contributed by atoms with Crippen LogP contribution in [0.3, 0.4) is 0 Å². The topological polar surface area (TPSA) is 57.5 Å². The fourth-order valence-corrected chi connectivity index (χ4v) is 2.47. The standard InChI is InChI=1S/C18H30O.C2H4O2/c1-16(2)12-8-6-4-3-5-7-9-13-17-14-10-11-15-18(17)19;1-2(3)4/h10-11,14-16,19H,3-9,12-13H2,1-2H3;1H3,(H,3,4). The smallest absolute Gasteiger partial charge is 0.300 e. The summed E-state index contributed by atoms with van der Waals surface area (Å²) in [6.45, 7) is 5.69. The Labute approximate surface area is 141 Å². The van der Waals surface area contributed by atoms with Crippen molar-refractivity contribution >= 4 is 5.97 Å². The summed E-state index contributed by atoms with van der Waals surface area (Å²) in [6, 6.07) is 7.70. The van der Waals surface area contributed by atoms with Crippen molar-refractivity contribution < 1.29 is 15.0 Å². The SMILES string of the molecule is CC(=O)O.CC(C)CCCCCCCCCc1ccccc1O. The molecule has 0 radical (unpaired) electrons. The molecule has 0 amide bonds. The normalized spacial score (nSPS) is 10.3. The number of benzene rings is 1. The van der Waals surface area contributed by atoms with Crippen molar-refractivity contribution in [2.45, 2.75) is 78.6 Å². The number of carbonyl (C=O) groups is 1. The summed E-state index contributed by atoms with van der Waals surface area (Å²) in [5, 5.41) is 17.1. The number of carboxylic acid groups (broad SMARTS) is 1. The van der Waals surface area contributed by atoms with E-state index in [4.69, 9.17) is 9.90 Å². The van der Waals surface area contributed by atoms with Gasteiger partial charge in [-0.1, -0.05) is 77.0 Å². The average Bonchev–Trinajstić information content (AvgIpc) is 2.46. The maximum Gasteiger partial charge on any atom is 0.300 e. The second-order valence-corrected chi connectivity index (χ2v) is 6.56. The van der Waals surface area contributed by atoms with Crippen molar-refractivity contribution in [3.63, 3.8) is 0 Å². The number of hydrogen-bond donors (Lipinski definition) is 2. The van der Waals surface area contributed by atoms with Crippen LogP contribution in [0.1, 0.15) is 77.7 Å². The van der Waals surface area contributed by atoms with E-state index in [0.717, 1.165) is 24.8 Å². The van der Waals surface area contributed by atoms with E-state index in [1.165, 1.54) is 51.4 Å². The molecule has 1 aromatic rings. The highest BCUT2D eigenvalue weighted by Gasteiger charge is 1.99. The number of carboxylic acids is 1. The third kappa shape index (κ3) is 15.2. The predicted octanol–water partition coefficient (Wildman–Crippen LogP) is 5.80. The van der Waals surface area contributed by atoms with Crippen LogP contribution in [0, 0.1) is 5.92 Å². The molecule has 0 spiro atoms. The number of phenolic OH excluding ortho intramolecular Hbond substituents is 1. The van der Waals surface area contributed by atoms with Crippen molar-refractivity contribution in [3.05, 3.63) is 29.8 Å². The van der Waals surface area contributed by atoms with E-state index in [1.807, 2.05) is 18.2 Å². The van der Waals surface area contributed by atoms with Gasteiger partial charge in [-0.15, -0.1) is 0 Å². The maximum absolute atomic E-state index is 9.66. The predicted molar refractivity (Wildman–Crippen MR) is 96.9 cm³/mol. The van der Waals surface area contributed by atoms with Gasteiger partial charge in [0.15, 0.2) is 0 Å². The van der Waals surface area contributed by atoms with Crippen LogP contribution < -0.4 is 0 Å². The summed E-state index contributed by atoms with van der Waals surface area (Å²) in [7, 11) is 0. The molecule has 23 heavy (non-hydrogen) atoms. The maximum atomic E-state index is 9.66. The summed E-state index contributed by atoms with van der Waals surface area (Å²) in [4.78, 5) is 9.00. The van der Waals surface area contributed by atoms with Gasteiger partial charge >= 0.3 is 0 Å². The molecule has 0 unspecified atom stereocenters. The molecule has 0 aromatic heterocycles. The Balaban J connectivity index is 0.00000108. The molecule has 1 aromatic carbocycles. The highest BCUT2D eigenvalue weighted by molar-refractivity contribution is 5.62. The van der Waals surface area contributed by atoms with Gasteiger partial charge in [0.1, 0.15) is 5.75 Å². The first kappa shape index (κ1) is 21.5. The fourth-order valence-electron chi connectivity index (χ4n) is 2.47. The minimum atomic E-state index is -0.833. The van der Waals surface area contributed by atoms with E-state index in [2.05, 4.69) is 13.8 Å². The zero-order valence-corrected chi connectivity index (χ0v) is 15.1. The van der Waals surface area contributed by atoms with Gasteiger partial charge < -0.3 is 10.2 Å². The summed E-state index contributed by atoms with van der Waals surface area (Å²) in [5.41, 5.74) is 1.10. The van der Waals surface area contributed by atoms with E-state index in [9.17, 15) is 5.11 Å². The zero-order valence-electron chi connectivity index (χ0n) is 15.1. The van der Waals surface area contributed by atoms with Crippen molar-refractivity contribution in [3.8, 4) is 5.75 Å². The molecule has 0 aliphatic heterocycles. The Bertz CT molecular complexity index is 409. The Morgan fingerprint density at radius 3 is 1.96 bits per heavy atom. The summed E-state index contributed by atoms with van der Waals surface area (Å²) < 4.78 is 0. The Hall–Kier alpha value is -1.51. The third-order valence-electron chi connectivity index (χ3n) is 3.72. The molecule has 0 aliphatic rings. The van der Waals surface area contributed by atoms with Crippen LogP contribution in [0.25, 0.3) is 0 Å². The van der Waals surface area contributed by atoms with Crippen molar-refractivity contribution in [2.24, 2.45) is 5.92 Å². The van der Waals surface area contributed by atoms with E-state index in [1.54, 1.807) is 6.07 Å². The first-order chi connectivity index (χ1) is 10.9. The lowest BCUT2D eigenvalue weighted by molar-refractivity contribution is -0.134. The number of para-hydroxylation sites is 1. The number of hydrogen-bond acceptors (Lipinski definition) is 2. The monoisotopic (exact) mass is 322 g/mol. The largest absolute Gasteiger partial charge is 0.508 e. The van der Waals surface area contributed by atoms with Gasteiger partial charge in [-0.25, -0.2) is 0 Å². The van der Waals surface area contributed by atoms with Crippen molar-refractivity contribution in [2.75, 3.05) is 0 Å². The number of aromatic hydroxyl groups is 1. The quantitative estimate of drug-likeness (QED) is 0.535. The molecular weight excluding hydrogens is 288 g/mol. The molecule has 0 atom stereocenters. The van der Waals surface area contributed by atoms with Crippen molar-refractivity contribution in [1.82, 2.24) is 0 Å². The van der Waals surface area contributed by atoms with Crippen LogP contribution in [0.5, 0.6) is 5.75 Å². The number of unbranched alkanes of at least 4 members (excludes halogenated alkanes) is 6. The zero-order chi connectivity index (χ0) is 17.5. The minimum Gasteiger partial charge on any atom is -0.508 e. The number of aliphatic carboxylic acids is 1. The van der Waals surface area contributed by atoms with E-state index >= 15 is 0 Å². The molecule has 0 heterocycles. The van der Waals surface area contributed by atoms with Crippen LogP contribution in [0.4, 0.5) is 0 Å². The van der Waals surface area contributed by atoms with Gasteiger partial charge in [-0.2, -0.15) is 0 Å². The molecule has 0 bridgehead atoms. The van der Waals surface area contributed by atoms with Gasteiger partial charge in [-0.05, 0) is 30.4 Å². The van der Waals surface area contributed by atoms with Crippen LogP contribution in [0.2, 0.25) is 0 Å². The Morgan fingerprint density at radius 2 is 1.43 bits per heavy atom. The van der Waals surface area contributed by atoms with Gasteiger partial charge in [-0.3, -0.25) is 4.79 Å². The van der Waals surface area contributed by atoms with Crippen LogP contribution in [0.15, 0.2) is 24.3 Å². The Morgan fingerprint density at radius 1 is 0.957 bits per heavy atom. The lowest BCUT2D eigenvalue weighted by Gasteiger charge is -2.05. The lowest BCUT2D eigenvalue weighted by Crippen LogP contribution is -1.88. The number of rotatable bonds is 10. The van der Waals surface area contributed by atoms with Gasteiger partial charge in [0.25, 0.3) is 5.97 Å². The van der Waals surface area contributed by atoms with Crippen LogP contribution in [-0.4, -0.2) is 16.2 Å². The van der Waals surface area contributed by atoms with E-state index in [0.29, 0.717) is 5.75 Å². The lowest BCUT2D eigenvalue weighted by atomic mass is 10.0. The number of phenols is 1. The van der Waals surface area contributed by atoms with Crippen LogP contribution in [-0.2, 0) is 11.2 Å². The summed E-state index contributed by atoms with van der Waals surface area (Å²) in [5.74, 6) is 0.481. The highest BCUT2D eigenvalue weighted by Crippen LogP contribution is 2.19. The van der Waals surface area contributed by atoms with Crippen molar-refractivity contribution in [1.29, 1.82) is 0 Å². The van der Waals surface area contributed by atoms with Gasteiger partial charge in [0.05, 0.1) is 0 Å².